The van der Waals surface area contributed by atoms with Crippen LogP contribution in [0.15, 0.2) is 60.1 Å². The van der Waals surface area contributed by atoms with Crippen LogP contribution in [0, 0.1) is 5.92 Å². The molecule has 4 rings (SSSR count). The molecule has 0 saturated carbocycles. The first-order valence-electron chi connectivity index (χ1n) is 11.7. The maximum atomic E-state index is 13.4. The lowest BCUT2D eigenvalue weighted by Gasteiger charge is -2.38. The number of allylic oxidation sites excluding steroid dienone is 4. The van der Waals surface area contributed by atoms with Gasteiger partial charge in [0.05, 0.1) is 19.9 Å². The van der Waals surface area contributed by atoms with Crippen molar-refractivity contribution in [1.29, 1.82) is 0 Å². The minimum absolute atomic E-state index is 0.0254. The Bertz CT molecular complexity index is 1010. The molecule has 0 radical (unpaired) electrons. The number of piperidine rings is 1. The van der Waals surface area contributed by atoms with E-state index in [1.54, 1.807) is 25.2 Å². The molecule has 1 aromatic carbocycles. The Morgan fingerprint density at radius 1 is 1.00 bits per heavy atom. The van der Waals surface area contributed by atoms with Gasteiger partial charge in [0.2, 0.25) is 0 Å². The molecule has 176 valence electrons. The Labute approximate surface area is 197 Å². The zero-order chi connectivity index (χ0) is 23.5. The highest BCUT2D eigenvalue weighted by Gasteiger charge is 2.26. The lowest BCUT2D eigenvalue weighted by Crippen LogP contribution is -2.42. The minimum Gasteiger partial charge on any atom is -0.493 e. The summed E-state index contributed by atoms with van der Waals surface area (Å²) in [6.07, 6.45) is 13.3. The monoisotopic (exact) mass is 449 g/mol. The van der Waals surface area contributed by atoms with Crippen molar-refractivity contribution >= 4 is 11.5 Å². The normalized spacial score (nSPS) is 21.7. The summed E-state index contributed by atoms with van der Waals surface area (Å²) in [5, 5.41) is 0. The molecule has 0 aromatic heterocycles. The SMILES string of the molecule is COc1ccc(C2=CC(=O)N3C=C(N4CCC(N(C)C)CC4)C=CC3=CCC2C)cc1OC. The van der Waals surface area contributed by atoms with Crippen LogP contribution >= 0.6 is 0 Å². The van der Waals surface area contributed by atoms with Gasteiger partial charge in [-0.1, -0.05) is 19.1 Å². The summed E-state index contributed by atoms with van der Waals surface area (Å²) < 4.78 is 10.9. The van der Waals surface area contributed by atoms with Gasteiger partial charge >= 0.3 is 0 Å². The second kappa shape index (κ2) is 9.87. The second-order valence-corrected chi connectivity index (χ2v) is 9.21. The quantitative estimate of drug-likeness (QED) is 0.672. The van der Waals surface area contributed by atoms with E-state index in [1.807, 2.05) is 24.4 Å². The van der Waals surface area contributed by atoms with Gasteiger partial charge < -0.3 is 19.3 Å². The smallest absolute Gasteiger partial charge is 0.255 e. The highest BCUT2D eigenvalue weighted by molar-refractivity contribution is 5.98. The molecule has 3 heterocycles. The maximum Gasteiger partial charge on any atom is 0.255 e. The Morgan fingerprint density at radius 2 is 1.70 bits per heavy atom. The van der Waals surface area contributed by atoms with E-state index < -0.39 is 0 Å². The molecular weight excluding hydrogens is 414 g/mol. The van der Waals surface area contributed by atoms with Crippen LogP contribution in [0.4, 0.5) is 0 Å². The molecule has 6 nitrogen and oxygen atoms in total. The highest BCUT2D eigenvalue weighted by Crippen LogP contribution is 2.36. The van der Waals surface area contributed by atoms with Gasteiger partial charge in [-0.3, -0.25) is 9.69 Å². The van der Waals surface area contributed by atoms with E-state index in [0.29, 0.717) is 17.5 Å². The van der Waals surface area contributed by atoms with E-state index in [4.69, 9.17) is 9.47 Å². The molecule has 0 N–H and O–H groups in total. The fraction of sp³-hybridized carbons (Fsp3) is 0.444. The standard InChI is InChI=1S/C27H35N3O3/c1-19-6-8-22-9-10-23(29-14-12-21(13-15-29)28(2)3)18-30(22)27(31)17-24(19)20-7-11-25(32-4)26(16-20)33-5/h7-11,16-19,21H,6,12-15H2,1-5H3. The predicted molar refractivity (Wildman–Crippen MR) is 132 cm³/mol. The number of rotatable bonds is 5. The third-order valence-electron chi connectivity index (χ3n) is 6.97. The van der Waals surface area contributed by atoms with Gasteiger partial charge in [0.15, 0.2) is 11.5 Å². The van der Waals surface area contributed by atoms with Crippen molar-refractivity contribution in [3.63, 3.8) is 0 Å². The topological polar surface area (TPSA) is 45.2 Å². The largest absolute Gasteiger partial charge is 0.493 e. The Hall–Kier alpha value is -2.99. The van der Waals surface area contributed by atoms with Crippen LogP contribution in [0.3, 0.4) is 0 Å². The number of carbonyl (C=O) groups is 1. The third kappa shape index (κ3) is 4.86. The molecule has 1 unspecified atom stereocenters. The predicted octanol–water partition coefficient (Wildman–Crippen LogP) is 4.28. The van der Waals surface area contributed by atoms with Gasteiger partial charge in [0.1, 0.15) is 0 Å². The summed E-state index contributed by atoms with van der Waals surface area (Å²) in [4.78, 5) is 19.9. The van der Waals surface area contributed by atoms with Crippen molar-refractivity contribution in [2.75, 3.05) is 41.4 Å². The maximum absolute atomic E-state index is 13.4. The molecule has 0 bridgehead atoms. The van der Waals surface area contributed by atoms with Crippen LogP contribution in [0.25, 0.3) is 5.57 Å². The highest BCUT2D eigenvalue weighted by atomic mass is 16.5. The molecule has 6 heteroatoms. The molecule has 3 aliphatic rings. The molecule has 33 heavy (non-hydrogen) atoms. The lowest BCUT2D eigenvalue weighted by molar-refractivity contribution is -0.122. The van der Waals surface area contributed by atoms with Crippen LogP contribution in [0.1, 0.15) is 31.7 Å². The van der Waals surface area contributed by atoms with Crippen LogP contribution in [-0.2, 0) is 4.79 Å². The first-order chi connectivity index (χ1) is 15.9. The Morgan fingerprint density at radius 3 is 2.36 bits per heavy atom. The third-order valence-corrected chi connectivity index (χ3v) is 6.97. The van der Waals surface area contributed by atoms with Crippen LogP contribution < -0.4 is 9.47 Å². The molecule has 0 aliphatic carbocycles. The molecule has 1 saturated heterocycles. The molecule has 0 spiro atoms. The fourth-order valence-electron chi connectivity index (χ4n) is 4.84. The van der Waals surface area contributed by atoms with Gasteiger partial charge in [-0.2, -0.15) is 0 Å². The van der Waals surface area contributed by atoms with E-state index in [0.717, 1.165) is 54.9 Å². The number of methoxy groups -OCH3 is 2. The Kier molecular flexibility index (Phi) is 6.94. The lowest BCUT2D eigenvalue weighted by atomic mass is 9.89. The molecule has 1 amide bonds. The first kappa shape index (κ1) is 23.2. The molecule has 1 fully saturated rings. The minimum atomic E-state index is -0.0254. The average Bonchev–Trinajstić information content (AvgIpc) is 2.84. The number of ether oxygens (including phenoxy) is 2. The van der Waals surface area contributed by atoms with Crippen LogP contribution in [-0.4, -0.2) is 68.1 Å². The number of hydrogen-bond donors (Lipinski definition) is 0. The van der Waals surface area contributed by atoms with Crippen LogP contribution in [0.5, 0.6) is 11.5 Å². The van der Waals surface area contributed by atoms with Crippen molar-refractivity contribution in [3.05, 3.63) is 65.7 Å². The number of nitrogens with zero attached hydrogens (tertiary/aromatic N) is 3. The number of hydrogen-bond acceptors (Lipinski definition) is 5. The van der Waals surface area contributed by atoms with Crippen molar-refractivity contribution in [3.8, 4) is 11.5 Å². The van der Waals surface area contributed by atoms with Gasteiger partial charge in [0, 0.05) is 37.1 Å². The zero-order valence-electron chi connectivity index (χ0n) is 20.4. The summed E-state index contributed by atoms with van der Waals surface area (Å²) in [6.45, 7) is 4.17. The average molecular weight is 450 g/mol. The first-order valence-corrected chi connectivity index (χ1v) is 11.7. The molecular formula is C27H35N3O3. The molecule has 1 aromatic rings. The summed E-state index contributed by atoms with van der Waals surface area (Å²) in [6, 6.07) is 6.47. The van der Waals surface area contributed by atoms with Crippen LogP contribution in [0.2, 0.25) is 0 Å². The van der Waals surface area contributed by atoms with Crippen molar-refractivity contribution in [2.24, 2.45) is 5.92 Å². The van der Waals surface area contributed by atoms with Crippen molar-refractivity contribution in [1.82, 2.24) is 14.7 Å². The number of benzene rings is 1. The van der Waals surface area contributed by atoms with Gasteiger partial charge in [-0.25, -0.2) is 0 Å². The van der Waals surface area contributed by atoms with Gasteiger partial charge in [0.25, 0.3) is 5.91 Å². The van der Waals surface area contributed by atoms with E-state index in [9.17, 15) is 4.79 Å². The van der Waals surface area contributed by atoms with Gasteiger partial charge in [-0.15, -0.1) is 0 Å². The van der Waals surface area contributed by atoms with Crippen molar-refractivity contribution in [2.45, 2.75) is 32.2 Å². The fourth-order valence-corrected chi connectivity index (χ4v) is 4.84. The van der Waals surface area contributed by atoms with Crippen molar-refractivity contribution < 1.29 is 14.3 Å². The molecule has 3 aliphatic heterocycles. The Balaban J connectivity index is 1.59. The second-order valence-electron chi connectivity index (χ2n) is 9.21. The van der Waals surface area contributed by atoms with E-state index in [2.05, 4.69) is 49.0 Å². The number of amides is 1. The van der Waals surface area contributed by atoms with E-state index >= 15 is 0 Å². The summed E-state index contributed by atoms with van der Waals surface area (Å²) in [5.41, 5.74) is 4.04. The summed E-state index contributed by atoms with van der Waals surface area (Å²) in [7, 11) is 7.56. The number of likely N-dealkylation sites (tertiary alicyclic amines) is 1. The van der Waals surface area contributed by atoms with E-state index in [-0.39, 0.29) is 11.8 Å². The summed E-state index contributed by atoms with van der Waals surface area (Å²) in [5.74, 6) is 1.52. The van der Waals surface area contributed by atoms with Gasteiger partial charge in [-0.05, 0) is 74.7 Å². The van der Waals surface area contributed by atoms with E-state index in [1.165, 1.54) is 0 Å². The number of fused-ring (bicyclic) bond motifs is 1. The number of carbonyl (C=O) groups excluding carboxylic acids is 1. The summed E-state index contributed by atoms with van der Waals surface area (Å²) >= 11 is 0. The zero-order valence-corrected chi connectivity index (χ0v) is 20.4. The molecule has 1 atom stereocenters.